The van der Waals surface area contributed by atoms with Crippen LogP contribution in [0.2, 0.25) is 0 Å². The number of carbonyl (C=O) groups is 1. The third-order valence-electron chi connectivity index (χ3n) is 0.869. The Kier molecular flexibility index (Phi) is 1.38. The number of carbonyl (C=O) groups excluding carboxylic acids is 1. The molecule has 0 amide bonds. The molecule has 0 fully saturated rings. The Morgan fingerprint density at radius 2 is 2.50 bits per heavy atom. The van der Waals surface area contributed by atoms with E-state index < -0.39 is 0 Å². The van der Waals surface area contributed by atoms with Gasteiger partial charge < -0.3 is 4.74 Å². The number of ether oxygens (including phenoxy) is 1. The molecular weight excluding hydrogens is 172 g/mol. The summed E-state index contributed by atoms with van der Waals surface area (Å²) in [6.45, 7) is 1.81. The molecule has 0 radical (unpaired) electrons. The summed E-state index contributed by atoms with van der Waals surface area (Å²) in [7, 11) is 0. The molecule has 0 aromatic rings. The summed E-state index contributed by atoms with van der Waals surface area (Å²) in [6, 6.07) is 0. The zero-order valence-electron chi connectivity index (χ0n) is 4.35. The quantitative estimate of drug-likeness (QED) is 0.519. The number of cyclic esters (lactones) is 1. The summed E-state index contributed by atoms with van der Waals surface area (Å²) in [5, 5.41) is 0. The molecule has 0 aromatic carbocycles. The van der Waals surface area contributed by atoms with Crippen LogP contribution in [0, 0.1) is 0 Å². The predicted octanol–water partition coefficient (Wildman–Crippen LogP) is 1.21. The van der Waals surface area contributed by atoms with E-state index in [-0.39, 0.29) is 12.1 Å². The first-order chi connectivity index (χ1) is 3.70. The van der Waals surface area contributed by atoms with Crippen molar-refractivity contribution >= 4 is 21.9 Å². The van der Waals surface area contributed by atoms with Crippen molar-refractivity contribution in [1.29, 1.82) is 0 Å². The fraction of sp³-hybridized carbons (Fsp3) is 0.400. The van der Waals surface area contributed by atoms with E-state index in [2.05, 4.69) is 15.9 Å². The maximum absolute atomic E-state index is 10.4. The molecule has 1 rings (SSSR count). The van der Waals surface area contributed by atoms with Crippen LogP contribution in [0.5, 0.6) is 0 Å². The average molecular weight is 177 g/mol. The Morgan fingerprint density at radius 1 is 1.88 bits per heavy atom. The molecule has 0 saturated heterocycles. The van der Waals surface area contributed by atoms with Gasteiger partial charge in [-0.05, 0) is 28.9 Å². The number of halogens is 1. The Hall–Kier alpha value is -0.310. The molecule has 0 aliphatic carbocycles. The monoisotopic (exact) mass is 176 g/mol. The second-order valence-electron chi connectivity index (χ2n) is 1.63. The molecule has 1 atom stereocenters. The van der Waals surface area contributed by atoms with Gasteiger partial charge in [0, 0.05) is 0 Å². The first-order valence-corrected chi connectivity index (χ1v) is 3.08. The molecule has 44 valence electrons. The highest BCUT2D eigenvalue weighted by Crippen LogP contribution is 2.17. The van der Waals surface area contributed by atoms with Crippen LogP contribution in [0.1, 0.15) is 6.92 Å². The summed E-state index contributed by atoms with van der Waals surface area (Å²) in [5.41, 5.74) is 0. The third-order valence-corrected chi connectivity index (χ3v) is 1.46. The summed E-state index contributed by atoms with van der Waals surface area (Å²) in [6.07, 6.45) is 1.67. The lowest BCUT2D eigenvalue weighted by molar-refractivity contribution is -0.138. The van der Waals surface area contributed by atoms with Crippen molar-refractivity contribution < 1.29 is 9.53 Å². The minimum atomic E-state index is -0.266. The van der Waals surface area contributed by atoms with Gasteiger partial charge in [0.1, 0.15) is 10.6 Å². The summed E-state index contributed by atoms with van der Waals surface area (Å²) in [4.78, 5) is 10.4. The van der Waals surface area contributed by atoms with Crippen LogP contribution >= 0.6 is 15.9 Å². The van der Waals surface area contributed by atoms with Crippen LogP contribution in [0.15, 0.2) is 10.6 Å². The lowest BCUT2D eigenvalue weighted by Gasteiger charge is -1.95. The lowest BCUT2D eigenvalue weighted by Crippen LogP contribution is -2.01. The lowest BCUT2D eigenvalue weighted by atomic mass is 10.4. The van der Waals surface area contributed by atoms with Crippen LogP contribution in [-0.4, -0.2) is 12.1 Å². The van der Waals surface area contributed by atoms with E-state index in [0.717, 1.165) is 0 Å². The Labute approximate surface area is 55.6 Å². The molecule has 1 heterocycles. The van der Waals surface area contributed by atoms with E-state index in [1.54, 1.807) is 6.08 Å². The summed E-state index contributed by atoms with van der Waals surface area (Å²) in [5.74, 6) is -0.266. The SMILES string of the molecule is CC1C=C(Br)C(=O)O1. The van der Waals surface area contributed by atoms with Crippen molar-refractivity contribution in [2.45, 2.75) is 13.0 Å². The van der Waals surface area contributed by atoms with Crippen LogP contribution in [-0.2, 0) is 9.53 Å². The van der Waals surface area contributed by atoms with Gasteiger partial charge in [-0.15, -0.1) is 0 Å². The van der Waals surface area contributed by atoms with Gasteiger partial charge in [0.05, 0.1) is 0 Å². The molecule has 8 heavy (non-hydrogen) atoms. The van der Waals surface area contributed by atoms with Crippen LogP contribution < -0.4 is 0 Å². The molecular formula is C5H5BrO2. The maximum Gasteiger partial charge on any atom is 0.345 e. The van der Waals surface area contributed by atoms with Gasteiger partial charge in [0.25, 0.3) is 0 Å². The summed E-state index contributed by atoms with van der Waals surface area (Å²) >= 11 is 3.03. The largest absolute Gasteiger partial charge is 0.454 e. The molecule has 0 N–H and O–H groups in total. The van der Waals surface area contributed by atoms with Gasteiger partial charge >= 0.3 is 5.97 Å². The number of rotatable bonds is 0. The molecule has 1 aliphatic heterocycles. The van der Waals surface area contributed by atoms with E-state index in [4.69, 9.17) is 4.74 Å². The smallest absolute Gasteiger partial charge is 0.345 e. The standard InChI is InChI=1S/C5H5BrO2/c1-3-2-4(6)5(7)8-3/h2-3H,1H3. The zero-order valence-corrected chi connectivity index (χ0v) is 5.94. The second-order valence-corrected chi connectivity index (χ2v) is 2.48. The first-order valence-electron chi connectivity index (χ1n) is 2.28. The number of hydrogen-bond donors (Lipinski definition) is 0. The van der Waals surface area contributed by atoms with Gasteiger partial charge in [0.2, 0.25) is 0 Å². The van der Waals surface area contributed by atoms with E-state index >= 15 is 0 Å². The minimum Gasteiger partial charge on any atom is -0.454 e. The fourth-order valence-electron chi connectivity index (χ4n) is 0.533. The van der Waals surface area contributed by atoms with Gasteiger partial charge in [-0.1, -0.05) is 0 Å². The van der Waals surface area contributed by atoms with Gasteiger partial charge in [0.15, 0.2) is 0 Å². The highest BCUT2D eigenvalue weighted by molar-refractivity contribution is 9.12. The van der Waals surface area contributed by atoms with E-state index in [1.165, 1.54) is 0 Å². The van der Waals surface area contributed by atoms with Gasteiger partial charge in [-0.25, -0.2) is 4.79 Å². The Balaban J connectivity index is 2.73. The Morgan fingerprint density at radius 3 is 2.62 bits per heavy atom. The zero-order chi connectivity index (χ0) is 6.15. The minimum absolute atomic E-state index is 0.0584. The highest BCUT2D eigenvalue weighted by Gasteiger charge is 2.18. The molecule has 3 heteroatoms. The van der Waals surface area contributed by atoms with Crippen LogP contribution in [0.4, 0.5) is 0 Å². The van der Waals surface area contributed by atoms with Crippen molar-refractivity contribution in [2.24, 2.45) is 0 Å². The van der Waals surface area contributed by atoms with Crippen molar-refractivity contribution in [2.75, 3.05) is 0 Å². The van der Waals surface area contributed by atoms with Crippen molar-refractivity contribution in [1.82, 2.24) is 0 Å². The van der Waals surface area contributed by atoms with Crippen molar-refractivity contribution in [3.8, 4) is 0 Å². The number of esters is 1. The normalized spacial score (nSPS) is 27.5. The third kappa shape index (κ3) is 0.916. The van der Waals surface area contributed by atoms with Crippen LogP contribution in [0.3, 0.4) is 0 Å². The first kappa shape index (κ1) is 5.82. The molecule has 1 aliphatic rings. The molecule has 0 spiro atoms. The number of hydrogen-bond acceptors (Lipinski definition) is 2. The molecule has 2 nitrogen and oxygen atoms in total. The average Bonchev–Trinajstić information content (AvgIpc) is 1.85. The molecule has 0 bridgehead atoms. The topological polar surface area (TPSA) is 26.3 Å². The highest BCUT2D eigenvalue weighted by atomic mass is 79.9. The van der Waals surface area contributed by atoms with E-state index in [9.17, 15) is 4.79 Å². The van der Waals surface area contributed by atoms with Crippen molar-refractivity contribution in [3.63, 3.8) is 0 Å². The Bertz CT molecular complexity index is 151. The molecule has 0 aromatic heterocycles. The summed E-state index contributed by atoms with van der Waals surface area (Å²) < 4.78 is 5.23. The predicted molar refractivity (Wildman–Crippen MR) is 32.6 cm³/mol. The second kappa shape index (κ2) is 1.90. The molecule has 0 saturated carbocycles. The maximum atomic E-state index is 10.4. The van der Waals surface area contributed by atoms with Crippen molar-refractivity contribution in [3.05, 3.63) is 10.6 Å². The van der Waals surface area contributed by atoms with E-state index in [0.29, 0.717) is 4.48 Å². The van der Waals surface area contributed by atoms with Crippen LogP contribution in [0.25, 0.3) is 0 Å². The van der Waals surface area contributed by atoms with E-state index in [1.807, 2.05) is 6.92 Å². The van der Waals surface area contributed by atoms with Gasteiger partial charge in [-0.2, -0.15) is 0 Å². The fourth-order valence-corrected chi connectivity index (χ4v) is 0.999. The molecule has 1 unspecified atom stereocenters. The van der Waals surface area contributed by atoms with Gasteiger partial charge in [-0.3, -0.25) is 0 Å².